The summed E-state index contributed by atoms with van der Waals surface area (Å²) < 4.78 is 26.2. The van der Waals surface area contributed by atoms with Gasteiger partial charge in [-0.25, -0.2) is 14.1 Å². The van der Waals surface area contributed by atoms with Gasteiger partial charge in [0, 0.05) is 11.8 Å². The van der Waals surface area contributed by atoms with Gasteiger partial charge in [-0.2, -0.15) is 0 Å². The Morgan fingerprint density at radius 1 is 1.13 bits per heavy atom. The number of carbonyl (C=O) groups is 1. The fraction of sp³-hybridized carbons (Fsp3) is 0.150. The topological polar surface area (TPSA) is 113 Å². The van der Waals surface area contributed by atoms with Gasteiger partial charge in [0.1, 0.15) is 18.7 Å². The number of carbonyl (C=O) groups excluding carboxylic acids is 1. The minimum atomic E-state index is -0.490. The summed E-state index contributed by atoms with van der Waals surface area (Å²) in [7, 11) is 0. The van der Waals surface area contributed by atoms with E-state index in [9.17, 15) is 14.0 Å². The third-order valence-corrected chi connectivity index (χ3v) is 4.71. The fourth-order valence-electron chi connectivity index (χ4n) is 3.20. The van der Waals surface area contributed by atoms with Crippen molar-refractivity contribution >= 4 is 22.8 Å². The molecule has 31 heavy (non-hydrogen) atoms. The third kappa shape index (κ3) is 3.68. The van der Waals surface area contributed by atoms with Crippen LogP contribution in [0.25, 0.3) is 11.2 Å². The zero-order chi connectivity index (χ0) is 21.4. The van der Waals surface area contributed by atoms with Gasteiger partial charge in [-0.15, -0.1) is 5.10 Å². The molecule has 0 saturated heterocycles. The lowest BCUT2D eigenvalue weighted by atomic mass is 10.2. The van der Waals surface area contributed by atoms with Gasteiger partial charge >= 0.3 is 0 Å². The van der Waals surface area contributed by atoms with E-state index in [0.717, 1.165) is 10.1 Å². The number of rotatable bonds is 5. The lowest BCUT2D eigenvalue weighted by Crippen LogP contribution is -2.28. The number of nitrogens with zero attached hydrogens (tertiary/aromatic N) is 5. The van der Waals surface area contributed by atoms with E-state index in [1.54, 1.807) is 30.3 Å². The van der Waals surface area contributed by atoms with E-state index in [1.165, 1.54) is 23.1 Å². The summed E-state index contributed by atoms with van der Waals surface area (Å²) in [4.78, 5) is 29.4. The molecule has 3 heterocycles. The van der Waals surface area contributed by atoms with Crippen LogP contribution in [0.2, 0.25) is 0 Å². The third-order valence-electron chi connectivity index (χ3n) is 4.71. The van der Waals surface area contributed by atoms with Crippen molar-refractivity contribution in [3.05, 3.63) is 70.5 Å². The maximum absolute atomic E-state index is 13.1. The average Bonchev–Trinajstić information content (AvgIpc) is 3.39. The molecule has 0 unspecified atom stereocenters. The van der Waals surface area contributed by atoms with Crippen LogP contribution < -0.4 is 20.3 Å². The Hall–Kier alpha value is -4.28. The van der Waals surface area contributed by atoms with E-state index < -0.39 is 11.5 Å². The highest BCUT2D eigenvalue weighted by atomic mass is 19.1. The molecule has 10 nitrogen and oxygen atoms in total. The summed E-state index contributed by atoms with van der Waals surface area (Å²) in [5, 5.41) is 10.6. The first kappa shape index (κ1) is 18.7. The van der Waals surface area contributed by atoms with E-state index in [-0.39, 0.29) is 36.9 Å². The molecule has 1 N–H and O–H groups in total. The molecule has 0 aliphatic carbocycles. The van der Waals surface area contributed by atoms with Crippen LogP contribution in [-0.4, -0.2) is 37.2 Å². The molecule has 0 fully saturated rings. The number of hydrogen-bond acceptors (Lipinski definition) is 7. The second-order valence-corrected chi connectivity index (χ2v) is 6.84. The van der Waals surface area contributed by atoms with Gasteiger partial charge in [0.25, 0.3) is 5.56 Å². The Kier molecular flexibility index (Phi) is 4.54. The van der Waals surface area contributed by atoms with Gasteiger partial charge in [-0.05, 0) is 29.8 Å². The molecule has 5 rings (SSSR count). The molecule has 0 radical (unpaired) electrons. The zero-order valence-electron chi connectivity index (χ0n) is 16.0. The molecule has 156 valence electrons. The number of ether oxygens (including phenoxy) is 2. The van der Waals surface area contributed by atoms with Gasteiger partial charge in [0.05, 0.1) is 6.54 Å². The monoisotopic (exact) mass is 422 g/mol. The lowest BCUT2D eigenvalue weighted by molar-refractivity contribution is -0.116. The number of aromatic nitrogens is 5. The smallest absolute Gasteiger partial charge is 0.283 e. The highest BCUT2D eigenvalue weighted by Gasteiger charge is 2.16. The predicted molar refractivity (Wildman–Crippen MR) is 106 cm³/mol. The van der Waals surface area contributed by atoms with Gasteiger partial charge in [-0.3, -0.25) is 14.2 Å². The largest absolute Gasteiger partial charge is 0.454 e. The predicted octanol–water partition coefficient (Wildman–Crippen LogP) is 1.54. The van der Waals surface area contributed by atoms with Crippen LogP contribution in [0.3, 0.4) is 0 Å². The Bertz CT molecular complexity index is 1350. The number of anilines is 1. The maximum atomic E-state index is 13.1. The number of amides is 1. The molecular formula is C20H15FN6O4. The van der Waals surface area contributed by atoms with Crippen molar-refractivity contribution in [3.63, 3.8) is 0 Å². The average molecular weight is 422 g/mol. The van der Waals surface area contributed by atoms with Crippen LogP contribution in [0.5, 0.6) is 11.5 Å². The van der Waals surface area contributed by atoms with Gasteiger partial charge in [0.2, 0.25) is 12.7 Å². The minimum absolute atomic E-state index is 0.0421. The number of benzene rings is 2. The first-order valence-electron chi connectivity index (χ1n) is 9.29. The van der Waals surface area contributed by atoms with Gasteiger partial charge in [0.15, 0.2) is 22.7 Å². The van der Waals surface area contributed by atoms with Crippen molar-refractivity contribution in [2.45, 2.75) is 13.1 Å². The van der Waals surface area contributed by atoms with E-state index >= 15 is 0 Å². The van der Waals surface area contributed by atoms with Crippen LogP contribution in [0.15, 0.2) is 53.6 Å². The molecule has 0 atom stereocenters. The molecule has 1 aliphatic heterocycles. The fourth-order valence-corrected chi connectivity index (χ4v) is 3.20. The number of nitrogens with one attached hydrogen (secondary N) is 1. The molecule has 0 saturated carbocycles. The summed E-state index contributed by atoms with van der Waals surface area (Å²) >= 11 is 0. The second kappa shape index (κ2) is 7.52. The Labute approximate surface area is 173 Å². The number of hydrogen-bond donors (Lipinski definition) is 1. The molecule has 11 heteroatoms. The van der Waals surface area contributed by atoms with Crippen LogP contribution in [0.4, 0.5) is 10.1 Å². The van der Waals surface area contributed by atoms with Crippen molar-refractivity contribution in [2.24, 2.45) is 0 Å². The summed E-state index contributed by atoms with van der Waals surface area (Å²) in [6, 6.07) is 10.9. The highest BCUT2D eigenvalue weighted by Crippen LogP contribution is 2.34. The second-order valence-electron chi connectivity index (χ2n) is 6.84. The van der Waals surface area contributed by atoms with Crippen molar-refractivity contribution in [3.8, 4) is 11.5 Å². The molecule has 1 amide bonds. The first-order chi connectivity index (χ1) is 15.1. The molecule has 0 bridgehead atoms. The quantitative estimate of drug-likeness (QED) is 0.519. The minimum Gasteiger partial charge on any atom is -0.454 e. The van der Waals surface area contributed by atoms with E-state index in [4.69, 9.17) is 9.47 Å². The van der Waals surface area contributed by atoms with Crippen molar-refractivity contribution in [2.75, 3.05) is 12.1 Å². The van der Waals surface area contributed by atoms with Crippen LogP contribution >= 0.6 is 0 Å². The Morgan fingerprint density at radius 3 is 2.77 bits per heavy atom. The van der Waals surface area contributed by atoms with Crippen LogP contribution in [0, 0.1) is 5.82 Å². The molecule has 0 spiro atoms. The lowest BCUT2D eigenvalue weighted by Gasteiger charge is -2.08. The standard InChI is InChI=1S/C20H15FN6O4/c21-13-3-1-12(2-4-13)8-27-19-18(24-25-27)20(29)26(10-22-19)9-17(28)23-14-5-6-15-16(7-14)31-11-30-15/h1-7,10H,8-9,11H2,(H,23,28). The zero-order valence-corrected chi connectivity index (χ0v) is 16.0. The molecule has 1 aliphatic rings. The van der Waals surface area contributed by atoms with Gasteiger partial charge in [-0.1, -0.05) is 17.3 Å². The molecule has 2 aromatic carbocycles. The summed E-state index contributed by atoms with van der Waals surface area (Å²) in [5.74, 6) is 0.386. The van der Waals surface area contributed by atoms with E-state index in [0.29, 0.717) is 17.2 Å². The first-order valence-corrected chi connectivity index (χ1v) is 9.29. The van der Waals surface area contributed by atoms with E-state index in [2.05, 4.69) is 20.6 Å². The number of fused-ring (bicyclic) bond motifs is 2. The number of halogens is 1. The summed E-state index contributed by atoms with van der Waals surface area (Å²) in [5.41, 5.74) is 1.13. The summed E-state index contributed by atoms with van der Waals surface area (Å²) in [6.45, 7) is 0.161. The molecular weight excluding hydrogens is 407 g/mol. The Balaban J connectivity index is 1.33. The van der Waals surface area contributed by atoms with Crippen LogP contribution in [-0.2, 0) is 17.9 Å². The van der Waals surface area contributed by atoms with Crippen molar-refractivity contribution in [1.29, 1.82) is 0 Å². The normalized spacial score (nSPS) is 12.3. The van der Waals surface area contributed by atoms with Crippen LogP contribution in [0.1, 0.15) is 5.56 Å². The maximum Gasteiger partial charge on any atom is 0.283 e. The van der Waals surface area contributed by atoms with Gasteiger partial charge < -0.3 is 14.8 Å². The van der Waals surface area contributed by atoms with Crippen molar-refractivity contribution < 1.29 is 18.7 Å². The molecule has 2 aromatic heterocycles. The Morgan fingerprint density at radius 2 is 1.94 bits per heavy atom. The van der Waals surface area contributed by atoms with E-state index in [1.807, 2.05) is 0 Å². The summed E-state index contributed by atoms with van der Waals surface area (Å²) in [6.07, 6.45) is 1.27. The van der Waals surface area contributed by atoms with Crippen molar-refractivity contribution in [1.82, 2.24) is 24.5 Å². The molecule has 4 aromatic rings. The highest BCUT2D eigenvalue weighted by molar-refractivity contribution is 5.91. The SMILES string of the molecule is O=C(Cn1cnc2c(nnn2Cc2ccc(F)cc2)c1=O)Nc1ccc2c(c1)OCO2.